The molecule has 0 atom stereocenters. The summed E-state index contributed by atoms with van der Waals surface area (Å²) in [5.74, 6) is 0.276. The molecule has 0 aliphatic carbocycles. The van der Waals surface area contributed by atoms with Gasteiger partial charge in [0, 0.05) is 35.9 Å². The van der Waals surface area contributed by atoms with E-state index in [4.69, 9.17) is 15.6 Å². The fourth-order valence-corrected chi connectivity index (χ4v) is 4.12. The molecule has 0 unspecified atom stereocenters. The van der Waals surface area contributed by atoms with Gasteiger partial charge < -0.3 is 15.5 Å². The number of nitrogens with two attached hydrogens (primary N) is 1. The number of nitrogens with one attached hydrogen (secondary N) is 1. The Balaban J connectivity index is 1.43. The number of likely N-dealkylation sites (tertiary alicyclic amines) is 1. The summed E-state index contributed by atoms with van der Waals surface area (Å²) in [5.41, 5.74) is 9.67. The number of fused-ring (bicyclic) bond motifs is 1. The zero-order valence-corrected chi connectivity index (χ0v) is 14.9. The van der Waals surface area contributed by atoms with Crippen molar-refractivity contribution in [3.8, 4) is 11.3 Å². The smallest absolute Gasteiger partial charge is 0.222 e. The van der Waals surface area contributed by atoms with E-state index in [-0.39, 0.29) is 5.95 Å². The van der Waals surface area contributed by atoms with Crippen molar-refractivity contribution < 1.29 is 4.74 Å². The molecule has 2 aliphatic rings. The van der Waals surface area contributed by atoms with Crippen molar-refractivity contribution in [3.63, 3.8) is 0 Å². The molecule has 3 aromatic rings. The van der Waals surface area contributed by atoms with E-state index in [0.29, 0.717) is 12.1 Å². The first kappa shape index (κ1) is 15.8. The van der Waals surface area contributed by atoms with Crippen molar-refractivity contribution in [1.29, 1.82) is 0 Å². The maximum atomic E-state index is 5.90. The molecule has 0 spiro atoms. The van der Waals surface area contributed by atoms with E-state index < -0.39 is 0 Å². The number of nitrogen functional groups attached to an aromatic ring is 1. The fraction of sp³-hybridized carbons (Fsp3) is 0.500. The molecule has 5 rings (SSSR count). The molecule has 136 valence electrons. The summed E-state index contributed by atoms with van der Waals surface area (Å²) in [4.78, 5) is 14.4. The number of aromatic nitrogens is 5. The highest BCUT2D eigenvalue weighted by Gasteiger charge is 2.31. The number of nitrogens with zero attached hydrogens (tertiary/aromatic N) is 5. The molecule has 5 heterocycles. The molecule has 26 heavy (non-hydrogen) atoms. The highest BCUT2D eigenvalue weighted by Crippen LogP contribution is 2.32. The van der Waals surface area contributed by atoms with Crippen LogP contribution < -0.4 is 5.73 Å². The molecule has 0 bridgehead atoms. The third-order valence-corrected chi connectivity index (χ3v) is 5.71. The summed E-state index contributed by atoms with van der Waals surface area (Å²) in [5, 5.41) is 5.68. The molecular formula is C18H23N7O. The number of aromatic amines is 1. The van der Waals surface area contributed by atoms with Crippen LogP contribution in [0.3, 0.4) is 0 Å². The maximum absolute atomic E-state index is 5.90. The molecule has 0 saturated carbocycles. The van der Waals surface area contributed by atoms with Crippen molar-refractivity contribution >= 4 is 17.0 Å². The monoisotopic (exact) mass is 353 g/mol. The quantitative estimate of drug-likeness (QED) is 0.744. The van der Waals surface area contributed by atoms with Crippen LogP contribution in [-0.2, 0) is 4.74 Å². The zero-order chi connectivity index (χ0) is 17.7. The lowest BCUT2D eigenvalue weighted by molar-refractivity contribution is -0.0735. The van der Waals surface area contributed by atoms with Crippen LogP contribution in [0.4, 0.5) is 5.95 Å². The second-order valence-electron chi connectivity index (χ2n) is 7.22. The van der Waals surface area contributed by atoms with Crippen molar-refractivity contribution in [2.75, 3.05) is 32.0 Å². The van der Waals surface area contributed by atoms with Crippen LogP contribution in [0.2, 0.25) is 0 Å². The Bertz CT molecular complexity index is 934. The Labute approximate surface area is 151 Å². The molecule has 3 aromatic heterocycles. The molecule has 0 radical (unpaired) electrons. The number of rotatable bonds is 3. The van der Waals surface area contributed by atoms with E-state index in [1.807, 2.05) is 18.5 Å². The van der Waals surface area contributed by atoms with Crippen LogP contribution in [0.25, 0.3) is 22.3 Å². The predicted octanol–water partition coefficient (Wildman–Crippen LogP) is 1.75. The van der Waals surface area contributed by atoms with E-state index in [9.17, 15) is 0 Å². The second kappa shape index (κ2) is 6.07. The minimum atomic E-state index is 0.276. The second-order valence-corrected chi connectivity index (χ2v) is 7.22. The predicted molar refractivity (Wildman–Crippen MR) is 98.7 cm³/mol. The first-order valence-corrected chi connectivity index (χ1v) is 9.17. The lowest BCUT2D eigenvalue weighted by atomic mass is 10.0. The number of H-pyrrole nitrogens is 1. The minimum Gasteiger partial charge on any atom is -0.378 e. The van der Waals surface area contributed by atoms with Gasteiger partial charge in [0.1, 0.15) is 5.65 Å². The Kier molecular flexibility index (Phi) is 3.68. The maximum Gasteiger partial charge on any atom is 0.222 e. The first-order chi connectivity index (χ1) is 12.7. The van der Waals surface area contributed by atoms with Gasteiger partial charge in [0.15, 0.2) is 0 Å². The zero-order valence-electron chi connectivity index (χ0n) is 14.9. The summed E-state index contributed by atoms with van der Waals surface area (Å²) < 4.78 is 7.49. The Hall–Kier alpha value is -2.45. The van der Waals surface area contributed by atoms with Gasteiger partial charge in [0.2, 0.25) is 5.95 Å². The van der Waals surface area contributed by atoms with Crippen molar-refractivity contribution in [3.05, 3.63) is 24.2 Å². The van der Waals surface area contributed by atoms with Crippen LogP contribution in [0.1, 0.15) is 24.6 Å². The topological polar surface area (TPSA) is 97.9 Å². The van der Waals surface area contributed by atoms with E-state index in [1.54, 1.807) is 0 Å². The molecule has 2 fully saturated rings. The van der Waals surface area contributed by atoms with Crippen LogP contribution in [0.5, 0.6) is 0 Å². The molecule has 8 heteroatoms. The van der Waals surface area contributed by atoms with Gasteiger partial charge in [-0.3, -0.25) is 9.58 Å². The summed E-state index contributed by atoms with van der Waals surface area (Å²) in [6.07, 6.45) is 6.01. The normalized spacial score (nSPS) is 19.9. The van der Waals surface area contributed by atoms with Gasteiger partial charge in [-0.05, 0) is 25.8 Å². The lowest BCUT2D eigenvalue weighted by Gasteiger charge is -2.41. The van der Waals surface area contributed by atoms with E-state index in [2.05, 4.69) is 31.5 Å². The van der Waals surface area contributed by atoms with Gasteiger partial charge in [-0.1, -0.05) is 0 Å². The van der Waals surface area contributed by atoms with E-state index in [1.165, 1.54) is 0 Å². The average Bonchev–Trinajstić information content (AvgIpc) is 3.20. The Morgan fingerprint density at radius 1 is 1.19 bits per heavy atom. The summed E-state index contributed by atoms with van der Waals surface area (Å²) in [6, 6.07) is 3.04. The SMILES string of the molecule is Cc1c(-c2nc(N)nc3[nH]ccc23)cnn1C1CCN(C2COC2)CC1. The van der Waals surface area contributed by atoms with E-state index in [0.717, 1.165) is 67.1 Å². The highest BCUT2D eigenvalue weighted by atomic mass is 16.5. The van der Waals surface area contributed by atoms with Gasteiger partial charge in [-0.15, -0.1) is 0 Å². The number of hydrogen-bond acceptors (Lipinski definition) is 6. The largest absolute Gasteiger partial charge is 0.378 e. The number of piperidine rings is 1. The Morgan fingerprint density at radius 2 is 2.00 bits per heavy atom. The van der Waals surface area contributed by atoms with Gasteiger partial charge in [-0.25, -0.2) is 4.98 Å². The number of ether oxygens (including phenoxy) is 1. The lowest BCUT2D eigenvalue weighted by Crippen LogP contribution is -2.52. The van der Waals surface area contributed by atoms with Crippen LogP contribution in [0.15, 0.2) is 18.5 Å². The number of anilines is 1. The van der Waals surface area contributed by atoms with Gasteiger partial charge in [0.25, 0.3) is 0 Å². The van der Waals surface area contributed by atoms with E-state index >= 15 is 0 Å². The summed E-state index contributed by atoms with van der Waals surface area (Å²) in [7, 11) is 0. The van der Waals surface area contributed by atoms with Crippen molar-refractivity contribution in [2.24, 2.45) is 0 Å². The Morgan fingerprint density at radius 3 is 2.73 bits per heavy atom. The minimum absolute atomic E-state index is 0.276. The average molecular weight is 353 g/mol. The first-order valence-electron chi connectivity index (χ1n) is 9.17. The van der Waals surface area contributed by atoms with Crippen LogP contribution in [-0.4, -0.2) is 62.0 Å². The summed E-state index contributed by atoms with van der Waals surface area (Å²) >= 11 is 0. The number of hydrogen-bond donors (Lipinski definition) is 2. The van der Waals surface area contributed by atoms with Crippen molar-refractivity contribution in [2.45, 2.75) is 31.8 Å². The third kappa shape index (κ3) is 2.48. The van der Waals surface area contributed by atoms with Crippen molar-refractivity contribution in [1.82, 2.24) is 29.6 Å². The molecule has 2 saturated heterocycles. The molecular weight excluding hydrogens is 330 g/mol. The van der Waals surface area contributed by atoms with Crippen LogP contribution >= 0.6 is 0 Å². The standard InChI is InChI=1S/C18H23N7O/c1-11-15(16-14-2-5-20-17(14)23-18(19)22-16)8-21-25(11)12-3-6-24(7-4-12)13-9-26-10-13/h2,5,8,12-13H,3-4,6-7,9-10H2,1H3,(H3,19,20,22,23). The highest BCUT2D eigenvalue weighted by molar-refractivity contribution is 5.91. The molecule has 2 aliphatic heterocycles. The van der Waals surface area contributed by atoms with Gasteiger partial charge >= 0.3 is 0 Å². The molecule has 0 amide bonds. The van der Waals surface area contributed by atoms with Gasteiger partial charge in [0.05, 0.1) is 37.2 Å². The van der Waals surface area contributed by atoms with Crippen LogP contribution in [0, 0.1) is 6.92 Å². The third-order valence-electron chi connectivity index (χ3n) is 5.71. The van der Waals surface area contributed by atoms with Gasteiger partial charge in [-0.2, -0.15) is 10.1 Å². The molecule has 8 nitrogen and oxygen atoms in total. The molecule has 0 aromatic carbocycles. The fourth-order valence-electron chi connectivity index (χ4n) is 4.12. The summed E-state index contributed by atoms with van der Waals surface area (Å²) in [6.45, 7) is 6.10. The molecule has 3 N–H and O–H groups in total.